The van der Waals surface area contributed by atoms with E-state index < -0.39 is 0 Å². The highest BCUT2D eigenvalue weighted by Gasteiger charge is 2.32. The van der Waals surface area contributed by atoms with Crippen molar-refractivity contribution < 1.29 is 5.11 Å². The van der Waals surface area contributed by atoms with E-state index >= 15 is 0 Å². The summed E-state index contributed by atoms with van der Waals surface area (Å²) in [6, 6.07) is 12.9. The number of benzene rings is 2. The van der Waals surface area contributed by atoms with Crippen LogP contribution in [0, 0.1) is 5.92 Å². The topological polar surface area (TPSA) is 35.5 Å². The van der Waals surface area contributed by atoms with Gasteiger partial charge >= 0.3 is 0 Å². The second kappa shape index (κ2) is 9.09. The lowest BCUT2D eigenvalue weighted by Crippen LogP contribution is -2.46. The first-order chi connectivity index (χ1) is 11.3. The Labute approximate surface area is 162 Å². The van der Waals surface area contributed by atoms with E-state index in [0.29, 0.717) is 11.8 Å². The quantitative estimate of drug-likeness (QED) is 0.818. The highest BCUT2D eigenvalue weighted by atomic mass is 35.5. The van der Waals surface area contributed by atoms with Gasteiger partial charge in [0.1, 0.15) is 5.75 Å². The molecule has 0 aromatic heterocycles. The molecule has 4 rings (SSSR count). The SMILES string of the molecule is Cl.Cl.Oc1ccc([C@@H](C2CCCC2)N2CCNCC2)c2ccccc12. The van der Waals surface area contributed by atoms with Crippen molar-refractivity contribution in [2.45, 2.75) is 31.7 Å². The van der Waals surface area contributed by atoms with Gasteiger partial charge in [0.05, 0.1) is 0 Å². The Morgan fingerprint density at radius 2 is 1.56 bits per heavy atom. The zero-order valence-corrected chi connectivity index (χ0v) is 16.1. The highest BCUT2D eigenvalue weighted by molar-refractivity contribution is 5.91. The Balaban J connectivity index is 0.00000113. The maximum Gasteiger partial charge on any atom is 0.123 e. The van der Waals surface area contributed by atoms with Crippen molar-refractivity contribution >= 4 is 35.6 Å². The van der Waals surface area contributed by atoms with E-state index in [1.807, 2.05) is 18.2 Å². The first kappa shape index (κ1) is 20.3. The molecule has 1 atom stereocenters. The van der Waals surface area contributed by atoms with Gasteiger partial charge in [-0.15, -0.1) is 24.8 Å². The maximum atomic E-state index is 10.2. The fraction of sp³-hybridized carbons (Fsp3) is 0.500. The monoisotopic (exact) mass is 382 g/mol. The number of aromatic hydroxyl groups is 1. The molecule has 1 heterocycles. The van der Waals surface area contributed by atoms with Crippen molar-refractivity contribution in [2.24, 2.45) is 5.92 Å². The van der Waals surface area contributed by atoms with E-state index in [1.54, 1.807) is 0 Å². The van der Waals surface area contributed by atoms with Gasteiger partial charge in [-0.3, -0.25) is 4.90 Å². The fourth-order valence-electron chi connectivity index (χ4n) is 4.55. The minimum absolute atomic E-state index is 0. The first-order valence-electron chi connectivity index (χ1n) is 9.00. The lowest BCUT2D eigenvalue weighted by molar-refractivity contribution is 0.126. The third-order valence-electron chi connectivity index (χ3n) is 5.64. The normalized spacial score (nSPS) is 20.0. The molecule has 2 aromatic carbocycles. The molecule has 2 aliphatic rings. The fourth-order valence-corrected chi connectivity index (χ4v) is 4.55. The number of rotatable bonds is 3. The molecule has 2 N–H and O–H groups in total. The minimum atomic E-state index is 0. The zero-order chi connectivity index (χ0) is 15.6. The summed E-state index contributed by atoms with van der Waals surface area (Å²) in [5, 5.41) is 15.9. The number of hydrogen-bond donors (Lipinski definition) is 2. The molecule has 0 amide bonds. The standard InChI is InChI=1S/C20H26N2O.2ClH/c23-19-10-9-18(16-7-3-4-8-17(16)19)20(15-5-1-2-6-15)22-13-11-21-12-14-22;;/h3-4,7-10,15,20-21,23H,1-2,5-6,11-14H2;2*1H/t20-;;/m1../s1. The van der Waals surface area contributed by atoms with Crippen LogP contribution in [-0.4, -0.2) is 36.2 Å². The molecule has 2 fully saturated rings. The second-order valence-electron chi connectivity index (χ2n) is 6.99. The van der Waals surface area contributed by atoms with Crippen molar-refractivity contribution in [3.63, 3.8) is 0 Å². The molecule has 1 saturated carbocycles. The number of phenols is 1. The molecule has 2 aromatic rings. The van der Waals surface area contributed by atoms with Crippen LogP contribution in [0.3, 0.4) is 0 Å². The smallest absolute Gasteiger partial charge is 0.123 e. The Hall–Kier alpha value is -1.00. The van der Waals surface area contributed by atoms with E-state index in [9.17, 15) is 5.11 Å². The van der Waals surface area contributed by atoms with Crippen LogP contribution in [0.1, 0.15) is 37.3 Å². The molecule has 1 saturated heterocycles. The van der Waals surface area contributed by atoms with Crippen LogP contribution in [0.15, 0.2) is 36.4 Å². The first-order valence-corrected chi connectivity index (χ1v) is 9.00. The van der Waals surface area contributed by atoms with Gasteiger partial charge in [-0.2, -0.15) is 0 Å². The van der Waals surface area contributed by atoms with Crippen molar-refractivity contribution in [1.82, 2.24) is 10.2 Å². The predicted octanol–water partition coefficient (Wildman–Crippen LogP) is 4.53. The van der Waals surface area contributed by atoms with Gasteiger partial charge in [0.25, 0.3) is 0 Å². The van der Waals surface area contributed by atoms with Crippen molar-refractivity contribution in [1.29, 1.82) is 0 Å². The molecule has 3 nitrogen and oxygen atoms in total. The lowest BCUT2D eigenvalue weighted by Gasteiger charge is -2.39. The van der Waals surface area contributed by atoms with E-state index in [-0.39, 0.29) is 24.8 Å². The van der Waals surface area contributed by atoms with Crippen LogP contribution >= 0.6 is 24.8 Å². The lowest BCUT2D eigenvalue weighted by atomic mass is 9.86. The average Bonchev–Trinajstić information content (AvgIpc) is 3.13. The molecule has 0 unspecified atom stereocenters. The van der Waals surface area contributed by atoms with Gasteiger partial charge in [-0.1, -0.05) is 43.2 Å². The van der Waals surface area contributed by atoms with E-state index in [1.165, 1.54) is 36.6 Å². The third-order valence-corrected chi connectivity index (χ3v) is 5.64. The molecule has 25 heavy (non-hydrogen) atoms. The van der Waals surface area contributed by atoms with E-state index in [4.69, 9.17) is 0 Å². The predicted molar refractivity (Wildman–Crippen MR) is 109 cm³/mol. The number of piperazine rings is 1. The number of hydrogen-bond acceptors (Lipinski definition) is 3. The van der Waals surface area contributed by atoms with Crippen LogP contribution in [0.25, 0.3) is 10.8 Å². The summed E-state index contributed by atoms with van der Waals surface area (Å²) in [6.45, 7) is 4.41. The van der Waals surface area contributed by atoms with E-state index in [2.05, 4.69) is 28.4 Å². The number of nitrogens with zero attached hydrogens (tertiary/aromatic N) is 1. The summed E-state index contributed by atoms with van der Waals surface area (Å²) >= 11 is 0. The van der Waals surface area contributed by atoms with Crippen molar-refractivity contribution in [3.8, 4) is 5.75 Å². The van der Waals surface area contributed by atoms with Crippen molar-refractivity contribution in [3.05, 3.63) is 42.0 Å². The average molecular weight is 383 g/mol. The van der Waals surface area contributed by atoms with Gasteiger partial charge in [-0.05, 0) is 35.8 Å². The van der Waals surface area contributed by atoms with Crippen LogP contribution in [0.5, 0.6) is 5.75 Å². The number of halogens is 2. The zero-order valence-electron chi connectivity index (χ0n) is 14.5. The van der Waals surface area contributed by atoms with Crippen molar-refractivity contribution in [2.75, 3.05) is 26.2 Å². The summed E-state index contributed by atoms with van der Waals surface area (Å²) in [5.74, 6) is 1.15. The van der Waals surface area contributed by atoms with Crippen LogP contribution in [0.4, 0.5) is 0 Å². The summed E-state index contributed by atoms with van der Waals surface area (Å²) in [6.07, 6.45) is 5.40. The van der Waals surface area contributed by atoms with Crippen LogP contribution in [0.2, 0.25) is 0 Å². The number of fused-ring (bicyclic) bond motifs is 1. The molecule has 0 spiro atoms. The maximum absolute atomic E-state index is 10.2. The number of nitrogens with one attached hydrogen (secondary N) is 1. The highest BCUT2D eigenvalue weighted by Crippen LogP contribution is 2.43. The Morgan fingerprint density at radius 3 is 2.24 bits per heavy atom. The Bertz CT molecular complexity index is 682. The van der Waals surface area contributed by atoms with Crippen LogP contribution < -0.4 is 5.32 Å². The van der Waals surface area contributed by atoms with Gasteiger partial charge in [-0.25, -0.2) is 0 Å². The molecule has 1 aliphatic heterocycles. The second-order valence-corrected chi connectivity index (χ2v) is 6.99. The third kappa shape index (κ3) is 4.06. The summed E-state index contributed by atoms with van der Waals surface area (Å²) in [4.78, 5) is 2.67. The van der Waals surface area contributed by atoms with Gasteiger partial charge in [0, 0.05) is 37.6 Å². The summed E-state index contributed by atoms with van der Waals surface area (Å²) in [5.41, 5.74) is 1.41. The summed E-state index contributed by atoms with van der Waals surface area (Å²) in [7, 11) is 0. The van der Waals surface area contributed by atoms with Gasteiger partial charge in [0.15, 0.2) is 0 Å². The Kier molecular flexibility index (Phi) is 7.38. The molecule has 0 radical (unpaired) electrons. The molecule has 0 bridgehead atoms. The van der Waals surface area contributed by atoms with E-state index in [0.717, 1.165) is 37.5 Å². The Morgan fingerprint density at radius 1 is 0.920 bits per heavy atom. The molecule has 138 valence electrons. The van der Waals surface area contributed by atoms with Gasteiger partial charge < -0.3 is 10.4 Å². The number of phenolic OH excluding ortho intramolecular Hbond substituents is 1. The molecular weight excluding hydrogens is 355 g/mol. The van der Waals surface area contributed by atoms with Gasteiger partial charge in [0.2, 0.25) is 0 Å². The van der Waals surface area contributed by atoms with Crippen LogP contribution in [-0.2, 0) is 0 Å². The summed E-state index contributed by atoms with van der Waals surface area (Å²) < 4.78 is 0. The molecular formula is C20H28Cl2N2O. The minimum Gasteiger partial charge on any atom is -0.507 e. The molecule has 5 heteroatoms. The molecule has 1 aliphatic carbocycles. The largest absolute Gasteiger partial charge is 0.507 e.